The van der Waals surface area contributed by atoms with Gasteiger partial charge in [-0.15, -0.1) is 0 Å². The van der Waals surface area contributed by atoms with Crippen LogP contribution < -0.4 is 14.4 Å². The predicted octanol–water partition coefficient (Wildman–Crippen LogP) is 5.81. The van der Waals surface area contributed by atoms with E-state index >= 15 is 0 Å². The molecule has 3 aromatic rings. The molecule has 0 heterocycles. The lowest BCUT2D eigenvalue weighted by Gasteiger charge is -2.32. The van der Waals surface area contributed by atoms with Crippen LogP contribution in [0.5, 0.6) is 5.75 Å². The smallest absolute Gasteiger partial charge is 0.244 e. The van der Waals surface area contributed by atoms with Crippen LogP contribution in [0.3, 0.4) is 0 Å². The van der Waals surface area contributed by atoms with E-state index in [-0.39, 0.29) is 24.2 Å². The number of benzene rings is 3. The van der Waals surface area contributed by atoms with Gasteiger partial charge in [0, 0.05) is 28.2 Å². The molecule has 1 saturated carbocycles. The molecular weight excluding hydrogens is 597 g/mol. The molecule has 1 atom stereocenters. The Morgan fingerprint density at radius 1 is 0.952 bits per heavy atom. The van der Waals surface area contributed by atoms with E-state index in [2.05, 4.69) is 5.32 Å². The second kappa shape index (κ2) is 14.3. The molecule has 0 radical (unpaired) electrons. The quantitative estimate of drug-likeness (QED) is 0.272. The average Bonchev–Trinajstić information content (AvgIpc) is 3.47. The van der Waals surface area contributed by atoms with Crippen LogP contribution in [0.2, 0.25) is 10.0 Å². The van der Waals surface area contributed by atoms with Crippen LogP contribution >= 0.6 is 23.2 Å². The first-order chi connectivity index (χ1) is 20.0. The number of amides is 2. The zero-order valence-electron chi connectivity index (χ0n) is 23.6. The molecule has 42 heavy (non-hydrogen) atoms. The van der Waals surface area contributed by atoms with Gasteiger partial charge in [-0.3, -0.25) is 13.9 Å². The molecule has 8 nitrogen and oxygen atoms in total. The number of anilines is 1. The third-order valence-electron chi connectivity index (χ3n) is 7.31. The van der Waals surface area contributed by atoms with Gasteiger partial charge in [0.1, 0.15) is 24.9 Å². The lowest BCUT2D eigenvalue weighted by atomic mass is 10.1. The molecule has 11 heteroatoms. The van der Waals surface area contributed by atoms with Gasteiger partial charge in [0.15, 0.2) is 0 Å². The van der Waals surface area contributed by atoms with E-state index in [1.807, 2.05) is 30.3 Å². The highest BCUT2D eigenvalue weighted by molar-refractivity contribution is 7.92. The number of hydrogen-bond donors (Lipinski definition) is 1. The Hall–Kier alpha value is -3.27. The summed E-state index contributed by atoms with van der Waals surface area (Å²) in [4.78, 5) is 28.4. The molecule has 224 valence electrons. The normalized spacial score (nSPS) is 14.3. The number of carbonyl (C=O) groups excluding carboxylic acids is 2. The highest BCUT2D eigenvalue weighted by Gasteiger charge is 2.32. The Morgan fingerprint density at radius 2 is 1.57 bits per heavy atom. The van der Waals surface area contributed by atoms with Crippen LogP contribution in [0.25, 0.3) is 0 Å². The first-order valence-electron chi connectivity index (χ1n) is 13.8. The van der Waals surface area contributed by atoms with E-state index in [9.17, 15) is 18.0 Å². The first kappa shape index (κ1) is 31.7. The average molecular weight is 633 g/mol. The van der Waals surface area contributed by atoms with E-state index in [1.54, 1.807) is 49.4 Å². The number of sulfonamides is 1. The Kier molecular flexibility index (Phi) is 10.8. The van der Waals surface area contributed by atoms with Crippen molar-refractivity contribution in [2.24, 2.45) is 0 Å². The molecule has 0 aromatic heterocycles. The molecule has 3 aromatic carbocycles. The van der Waals surface area contributed by atoms with Crippen molar-refractivity contribution in [2.45, 2.75) is 57.8 Å². The summed E-state index contributed by atoms with van der Waals surface area (Å²) in [6.07, 6.45) is 4.88. The van der Waals surface area contributed by atoms with Crippen molar-refractivity contribution in [1.29, 1.82) is 0 Å². The minimum Gasteiger partial charge on any atom is -0.489 e. The summed E-state index contributed by atoms with van der Waals surface area (Å²) >= 11 is 12.8. The second-order valence-electron chi connectivity index (χ2n) is 10.4. The number of rotatable bonds is 12. The van der Waals surface area contributed by atoms with Crippen molar-refractivity contribution in [3.05, 3.63) is 94.0 Å². The fourth-order valence-electron chi connectivity index (χ4n) is 4.89. The van der Waals surface area contributed by atoms with Gasteiger partial charge in [0.2, 0.25) is 21.8 Å². The minimum atomic E-state index is -3.88. The summed E-state index contributed by atoms with van der Waals surface area (Å²) in [5.41, 5.74) is 1.76. The van der Waals surface area contributed by atoms with Gasteiger partial charge < -0.3 is 15.0 Å². The molecule has 0 unspecified atom stereocenters. The van der Waals surface area contributed by atoms with E-state index in [1.165, 1.54) is 4.90 Å². The van der Waals surface area contributed by atoms with Crippen molar-refractivity contribution >= 4 is 50.7 Å². The number of carbonyl (C=O) groups is 2. The predicted molar refractivity (Wildman–Crippen MR) is 166 cm³/mol. The van der Waals surface area contributed by atoms with Gasteiger partial charge in [-0.2, -0.15) is 0 Å². The lowest BCUT2D eigenvalue weighted by molar-refractivity contribution is -0.139. The number of hydrogen-bond acceptors (Lipinski definition) is 5. The molecule has 2 amide bonds. The molecule has 0 saturated heterocycles. The molecule has 1 fully saturated rings. The fraction of sp³-hybridized carbons (Fsp3) is 0.355. The molecule has 4 rings (SSSR count). The van der Waals surface area contributed by atoms with E-state index in [0.717, 1.165) is 41.8 Å². The molecule has 1 N–H and O–H groups in total. The zero-order valence-corrected chi connectivity index (χ0v) is 26.0. The largest absolute Gasteiger partial charge is 0.489 e. The maximum atomic E-state index is 13.8. The number of nitrogens with one attached hydrogen (secondary N) is 1. The van der Waals surface area contributed by atoms with Gasteiger partial charge in [-0.25, -0.2) is 8.42 Å². The van der Waals surface area contributed by atoms with Crippen LogP contribution in [0.15, 0.2) is 72.8 Å². The maximum absolute atomic E-state index is 13.8. The minimum absolute atomic E-state index is 0.0518. The standard InChI is InChI=1S/C31H35Cl2N3O5S/c1-22(31(38)34-24-11-6-7-12-24)35(19-27-28(32)13-8-14-29(27)33)30(37)20-36(42(2,39)40)25-15-17-26(18-16-25)41-21-23-9-4-3-5-10-23/h3-5,8-10,13-18,22,24H,6-7,11-12,19-21H2,1-2H3,(H,34,38)/t22-/m1/s1. The highest BCUT2D eigenvalue weighted by Crippen LogP contribution is 2.28. The zero-order chi connectivity index (χ0) is 30.3. The van der Waals surface area contributed by atoms with E-state index < -0.39 is 28.5 Å². The van der Waals surface area contributed by atoms with Crippen molar-refractivity contribution < 1.29 is 22.7 Å². The monoisotopic (exact) mass is 631 g/mol. The van der Waals surface area contributed by atoms with E-state index in [4.69, 9.17) is 27.9 Å². The Morgan fingerprint density at radius 3 is 2.17 bits per heavy atom. The third kappa shape index (κ3) is 8.40. The third-order valence-corrected chi connectivity index (χ3v) is 9.16. The molecule has 0 aliphatic heterocycles. The second-order valence-corrected chi connectivity index (χ2v) is 13.1. The van der Waals surface area contributed by atoms with Gasteiger partial charge >= 0.3 is 0 Å². The maximum Gasteiger partial charge on any atom is 0.244 e. The van der Waals surface area contributed by atoms with Gasteiger partial charge in [-0.05, 0) is 61.7 Å². The lowest BCUT2D eigenvalue weighted by Crippen LogP contribution is -2.52. The Bertz CT molecular complexity index is 1460. The summed E-state index contributed by atoms with van der Waals surface area (Å²) < 4.78 is 32.6. The fourth-order valence-corrected chi connectivity index (χ4v) is 6.26. The van der Waals surface area contributed by atoms with Crippen LogP contribution in [0.1, 0.15) is 43.7 Å². The van der Waals surface area contributed by atoms with E-state index in [0.29, 0.717) is 28.0 Å². The van der Waals surface area contributed by atoms with Crippen molar-refractivity contribution in [3.8, 4) is 5.75 Å². The van der Waals surface area contributed by atoms with Crippen LogP contribution in [-0.2, 0) is 32.8 Å². The van der Waals surface area contributed by atoms with Crippen molar-refractivity contribution in [2.75, 3.05) is 17.1 Å². The van der Waals surface area contributed by atoms with Gasteiger partial charge in [0.05, 0.1) is 11.9 Å². The SMILES string of the molecule is C[C@H](C(=O)NC1CCCC1)N(Cc1c(Cl)cccc1Cl)C(=O)CN(c1ccc(OCc2ccccc2)cc1)S(C)(=O)=O. The van der Waals surface area contributed by atoms with Gasteiger partial charge in [-0.1, -0.05) is 72.4 Å². The Balaban J connectivity index is 1.55. The van der Waals surface area contributed by atoms with Crippen LogP contribution in [-0.4, -0.2) is 50.0 Å². The summed E-state index contributed by atoms with van der Waals surface area (Å²) in [7, 11) is -3.88. The molecule has 1 aliphatic carbocycles. The topological polar surface area (TPSA) is 96.0 Å². The van der Waals surface area contributed by atoms with Crippen molar-refractivity contribution in [3.63, 3.8) is 0 Å². The number of halogens is 2. The first-order valence-corrected chi connectivity index (χ1v) is 16.4. The molecular formula is C31H35Cl2N3O5S. The molecule has 0 spiro atoms. The van der Waals surface area contributed by atoms with Gasteiger partial charge in [0.25, 0.3) is 0 Å². The highest BCUT2D eigenvalue weighted by atomic mass is 35.5. The summed E-state index contributed by atoms with van der Waals surface area (Å²) in [6.45, 7) is 1.39. The molecule has 1 aliphatic rings. The van der Waals surface area contributed by atoms with Crippen molar-refractivity contribution in [1.82, 2.24) is 10.2 Å². The van der Waals surface area contributed by atoms with Crippen LogP contribution in [0.4, 0.5) is 5.69 Å². The summed E-state index contributed by atoms with van der Waals surface area (Å²) in [6, 6.07) is 20.3. The van der Waals surface area contributed by atoms with Crippen LogP contribution in [0, 0.1) is 0 Å². The molecule has 0 bridgehead atoms. The number of nitrogens with zero attached hydrogens (tertiary/aromatic N) is 2. The summed E-state index contributed by atoms with van der Waals surface area (Å²) in [5, 5.41) is 3.71. The Labute approximate surface area is 257 Å². The summed E-state index contributed by atoms with van der Waals surface area (Å²) in [5.74, 6) is -0.339. The number of ether oxygens (including phenoxy) is 1.